The summed E-state index contributed by atoms with van der Waals surface area (Å²) in [6.07, 6.45) is 0.172. The van der Waals surface area contributed by atoms with Gasteiger partial charge in [-0.15, -0.1) is 0 Å². The molecule has 82 valence electrons. The lowest BCUT2D eigenvalue weighted by atomic mass is 10.2. The minimum atomic E-state index is -0.339. The normalized spacial score (nSPS) is 12.5. The van der Waals surface area contributed by atoms with Gasteiger partial charge >= 0.3 is 0 Å². The van der Waals surface area contributed by atoms with Crippen LogP contribution in [0.25, 0.3) is 0 Å². The lowest BCUT2D eigenvalue weighted by molar-refractivity contribution is -0.129. The summed E-state index contributed by atoms with van der Waals surface area (Å²) in [7, 11) is 0. The molecule has 0 saturated carbocycles. The van der Waals surface area contributed by atoms with Gasteiger partial charge in [0.2, 0.25) is 0 Å². The van der Waals surface area contributed by atoms with Crippen LogP contribution in [0.3, 0.4) is 0 Å². The van der Waals surface area contributed by atoms with Gasteiger partial charge in [-0.05, 0) is 24.6 Å². The molecule has 2 nitrogen and oxygen atoms in total. The molecule has 1 aromatic rings. The van der Waals surface area contributed by atoms with E-state index in [1.165, 1.54) is 0 Å². The third kappa shape index (κ3) is 4.02. The molecule has 0 saturated heterocycles. The standard InChI is InChI=1S/C12H15ClO2/c1-3-12(14)9(2)15-8-10-5-4-6-11(13)7-10/h4-7,9H,3,8H2,1-2H3. The predicted molar refractivity (Wildman–Crippen MR) is 61.0 cm³/mol. The van der Waals surface area contributed by atoms with Gasteiger partial charge in [-0.2, -0.15) is 0 Å². The molecule has 0 amide bonds. The number of Topliss-reactive ketones (excluding diaryl/α,β-unsaturated/α-hetero) is 1. The van der Waals surface area contributed by atoms with E-state index >= 15 is 0 Å². The first kappa shape index (κ1) is 12.2. The maximum absolute atomic E-state index is 11.2. The van der Waals surface area contributed by atoms with Crippen LogP contribution < -0.4 is 0 Å². The summed E-state index contributed by atoms with van der Waals surface area (Å²) in [6, 6.07) is 7.44. The zero-order valence-electron chi connectivity index (χ0n) is 9.00. The third-order valence-electron chi connectivity index (χ3n) is 2.19. The fourth-order valence-corrected chi connectivity index (χ4v) is 1.44. The number of benzene rings is 1. The summed E-state index contributed by atoms with van der Waals surface area (Å²) in [6.45, 7) is 4.03. The lowest BCUT2D eigenvalue weighted by Crippen LogP contribution is -2.19. The second kappa shape index (κ2) is 5.89. The Bertz CT molecular complexity index is 336. The van der Waals surface area contributed by atoms with E-state index in [1.807, 2.05) is 31.2 Å². The smallest absolute Gasteiger partial charge is 0.161 e. The zero-order valence-corrected chi connectivity index (χ0v) is 9.75. The molecule has 0 fully saturated rings. The molecule has 1 rings (SSSR count). The summed E-state index contributed by atoms with van der Waals surface area (Å²) in [5.74, 6) is 0.122. The van der Waals surface area contributed by atoms with Crippen LogP contribution >= 0.6 is 11.6 Å². The molecule has 0 bridgehead atoms. The van der Waals surface area contributed by atoms with Crippen LogP contribution in [0.5, 0.6) is 0 Å². The maximum Gasteiger partial charge on any atom is 0.161 e. The number of hydrogen-bond acceptors (Lipinski definition) is 2. The minimum absolute atomic E-state index is 0.122. The fraction of sp³-hybridized carbons (Fsp3) is 0.417. The van der Waals surface area contributed by atoms with E-state index in [0.717, 1.165) is 5.56 Å². The van der Waals surface area contributed by atoms with Gasteiger partial charge in [0.1, 0.15) is 6.10 Å². The Labute approximate surface area is 95.2 Å². The molecular formula is C12H15ClO2. The molecule has 0 aliphatic carbocycles. The van der Waals surface area contributed by atoms with Crippen molar-refractivity contribution in [1.82, 2.24) is 0 Å². The van der Waals surface area contributed by atoms with Gasteiger partial charge in [-0.25, -0.2) is 0 Å². The molecule has 0 aliphatic rings. The Kier molecular flexibility index (Phi) is 4.79. The first-order chi connectivity index (χ1) is 7.13. The Morgan fingerprint density at radius 3 is 2.87 bits per heavy atom. The quantitative estimate of drug-likeness (QED) is 0.771. The van der Waals surface area contributed by atoms with Gasteiger partial charge in [0.05, 0.1) is 6.61 Å². The van der Waals surface area contributed by atoms with E-state index in [4.69, 9.17) is 16.3 Å². The summed E-state index contributed by atoms with van der Waals surface area (Å²) in [5, 5.41) is 0.686. The molecule has 1 unspecified atom stereocenters. The summed E-state index contributed by atoms with van der Waals surface area (Å²) in [4.78, 5) is 11.2. The second-order valence-corrected chi connectivity index (χ2v) is 3.84. The van der Waals surface area contributed by atoms with Crippen LogP contribution in [-0.2, 0) is 16.1 Å². The number of ether oxygens (including phenoxy) is 1. The average Bonchev–Trinajstić information content (AvgIpc) is 2.25. The number of rotatable bonds is 5. The van der Waals surface area contributed by atoms with Crippen molar-refractivity contribution in [2.45, 2.75) is 33.0 Å². The Morgan fingerprint density at radius 1 is 1.53 bits per heavy atom. The van der Waals surface area contributed by atoms with E-state index in [0.29, 0.717) is 18.1 Å². The van der Waals surface area contributed by atoms with E-state index in [1.54, 1.807) is 6.92 Å². The highest BCUT2D eigenvalue weighted by molar-refractivity contribution is 6.30. The third-order valence-corrected chi connectivity index (χ3v) is 2.43. The SMILES string of the molecule is CCC(=O)C(C)OCc1cccc(Cl)c1. The molecular weight excluding hydrogens is 212 g/mol. The average molecular weight is 227 g/mol. The summed E-state index contributed by atoms with van der Waals surface area (Å²) >= 11 is 5.83. The summed E-state index contributed by atoms with van der Waals surface area (Å²) in [5.41, 5.74) is 0.984. The minimum Gasteiger partial charge on any atom is -0.366 e. The molecule has 0 heterocycles. The van der Waals surface area contributed by atoms with E-state index in [9.17, 15) is 4.79 Å². The van der Waals surface area contributed by atoms with Crippen LogP contribution in [0.1, 0.15) is 25.8 Å². The lowest BCUT2D eigenvalue weighted by Gasteiger charge is -2.10. The number of halogens is 1. The van der Waals surface area contributed by atoms with Crippen LogP contribution in [-0.4, -0.2) is 11.9 Å². The molecule has 0 radical (unpaired) electrons. The van der Waals surface area contributed by atoms with Gasteiger partial charge in [0.25, 0.3) is 0 Å². The topological polar surface area (TPSA) is 26.3 Å². The van der Waals surface area contributed by atoms with Crippen molar-refractivity contribution in [2.24, 2.45) is 0 Å². The second-order valence-electron chi connectivity index (χ2n) is 3.40. The number of carbonyl (C=O) groups is 1. The highest BCUT2D eigenvalue weighted by atomic mass is 35.5. The molecule has 3 heteroatoms. The first-order valence-electron chi connectivity index (χ1n) is 5.02. The molecule has 0 aliphatic heterocycles. The van der Waals surface area contributed by atoms with E-state index < -0.39 is 0 Å². The van der Waals surface area contributed by atoms with Crippen LogP contribution in [0.4, 0.5) is 0 Å². The van der Waals surface area contributed by atoms with Crippen molar-refractivity contribution < 1.29 is 9.53 Å². The van der Waals surface area contributed by atoms with Crippen molar-refractivity contribution in [3.05, 3.63) is 34.9 Å². The van der Waals surface area contributed by atoms with Crippen LogP contribution in [0, 0.1) is 0 Å². The molecule has 1 aromatic carbocycles. The van der Waals surface area contributed by atoms with Crippen molar-refractivity contribution in [3.8, 4) is 0 Å². The molecule has 1 atom stereocenters. The largest absolute Gasteiger partial charge is 0.366 e. The summed E-state index contributed by atoms with van der Waals surface area (Å²) < 4.78 is 5.43. The molecule has 0 N–H and O–H groups in total. The van der Waals surface area contributed by atoms with Crippen molar-refractivity contribution in [2.75, 3.05) is 0 Å². The first-order valence-corrected chi connectivity index (χ1v) is 5.40. The number of hydrogen-bond donors (Lipinski definition) is 0. The van der Waals surface area contributed by atoms with Gasteiger partial charge in [0, 0.05) is 11.4 Å². The Hall–Kier alpha value is -0.860. The van der Waals surface area contributed by atoms with Gasteiger partial charge in [-0.3, -0.25) is 4.79 Å². The van der Waals surface area contributed by atoms with Gasteiger partial charge in [-0.1, -0.05) is 30.7 Å². The van der Waals surface area contributed by atoms with E-state index in [-0.39, 0.29) is 11.9 Å². The Balaban J connectivity index is 2.47. The fourth-order valence-electron chi connectivity index (χ4n) is 1.23. The molecule has 0 aromatic heterocycles. The van der Waals surface area contributed by atoms with E-state index in [2.05, 4.69) is 0 Å². The zero-order chi connectivity index (χ0) is 11.3. The van der Waals surface area contributed by atoms with Gasteiger partial charge in [0.15, 0.2) is 5.78 Å². The van der Waals surface area contributed by atoms with Crippen molar-refractivity contribution in [3.63, 3.8) is 0 Å². The molecule has 0 spiro atoms. The highest BCUT2D eigenvalue weighted by Gasteiger charge is 2.10. The molecule has 15 heavy (non-hydrogen) atoms. The maximum atomic E-state index is 11.2. The predicted octanol–water partition coefficient (Wildman–Crippen LogP) is 3.22. The Morgan fingerprint density at radius 2 is 2.27 bits per heavy atom. The monoisotopic (exact) mass is 226 g/mol. The number of ketones is 1. The van der Waals surface area contributed by atoms with Crippen LogP contribution in [0.2, 0.25) is 5.02 Å². The van der Waals surface area contributed by atoms with Gasteiger partial charge < -0.3 is 4.74 Å². The number of carbonyl (C=O) groups excluding carboxylic acids is 1. The van der Waals surface area contributed by atoms with Crippen LogP contribution in [0.15, 0.2) is 24.3 Å². The van der Waals surface area contributed by atoms with Crippen molar-refractivity contribution >= 4 is 17.4 Å². The highest BCUT2D eigenvalue weighted by Crippen LogP contribution is 2.12. The van der Waals surface area contributed by atoms with Crippen molar-refractivity contribution in [1.29, 1.82) is 0 Å².